The Kier molecular flexibility index (Phi) is 5.75. The van der Waals surface area contributed by atoms with Gasteiger partial charge in [-0.25, -0.2) is 4.39 Å². The molecule has 0 saturated carbocycles. The molecule has 23 heavy (non-hydrogen) atoms. The van der Waals surface area contributed by atoms with Crippen LogP contribution >= 0.6 is 12.4 Å². The van der Waals surface area contributed by atoms with E-state index in [9.17, 15) is 18.0 Å². The Labute approximate surface area is 138 Å². The van der Waals surface area contributed by atoms with Crippen LogP contribution < -0.4 is 15.4 Å². The number of nitrogens with one attached hydrogen (secondary N) is 2. The number of hydrogen-bond acceptors (Lipinski definition) is 3. The van der Waals surface area contributed by atoms with Crippen LogP contribution in [0, 0.1) is 5.82 Å². The Hall–Kier alpha value is -1.47. The first kappa shape index (κ1) is 17.9. The van der Waals surface area contributed by atoms with Crippen molar-refractivity contribution in [3.8, 4) is 5.75 Å². The summed E-state index contributed by atoms with van der Waals surface area (Å²) < 4.78 is 42.2. The van der Waals surface area contributed by atoms with E-state index in [-0.39, 0.29) is 24.0 Å². The number of alkyl halides is 2. The molecule has 8 heteroatoms. The fourth-order valence-electron chi connectivity index (χ4n) is 3.32. The van der Waals surface area contributed by atoms with Crippen molar-refractivity contribution in [3.05, 3.63) is 29.6 Å². The molecule has 2 atom stereocenters. The van der Waals surface area contributed by atoms with Gasteiger partial charge in [-0.15, -0.1) is 12.4 Å². The Morgan fingerprint density at radius 1 is 1.26 bits per heavy atom. The van der Waals surface area contributed by atoms with Gasteiger partial charge in [0.05, 0.1) is 5.56 Å². The van der Waals surface area contributed by atoms with E-state index in [2.05, 4.69) is 15.4 Å². The molecule has 2 heterocycles. The van der Waals surface area contributed by atoms with E-state index in [0.717, 1.165) is 43.9 Å². The summed E-state index contributed by atoms with van der Waals surface area (Å²) in [6, 6.07) is 3.81. The summed E-state index contributed by atoms with van der Waals surface area (Å²) in [4.78, 5) is 12.3. The highest BCUT2D eigenvalue weighted by Gasteiger charge is 2.34. The van der Waals surface area contributed by atoms with Crippen molar-refractivity contribution >= 4 is 18.3 Å². The van der Waals surface area contributed by atoms with E-state index in [4.69, 9.17) is 0 Å². The number of rotatable bonds is 4. The molecule has 128 valence electrons. The fraction of sp³-hybridized carbons (Fsp3) is 0.533. The molecule has 2 saturated heterocycles. The number of benzene rings is 1. The molecule has 4 nitrogen and oxygen atoms in total. The molecule has 0 radical (unpaired) electrons. The van der Waals surface area contributed by atoms with Crippen LogP contribution in [0.25, 0.3) is 0 Å². The first-order valence-corrected chi connectivity index (χ1v) is 7.32. The van der Waals surface area contributed by atoms with E-state index in [0.29, 0.717) is 12.1 Å². The van der Waals surface area contributed by atoms with Crippen molar-refractivity contribution in [2.24, 2.45) is 0 Å². The standard InChI is InChI=1S/C15H17F3N2O2.ClH/c16-8-1-4-12(13(5-8)22-15(17)18)14(21)20-11-6-9-2-3-10(7-11)19-9;/h1,4-5,9-11,15,19H,2-3,6-7H2,(H,20,21);1H. The van der Waals surface area contributed by atoms with E-state index in [1.807, 2.05) is 0 Å². The van der Waals surface area contributed by atoms with Gasteiger partial charge >= 0.3 is 6.61 Å². The minimum atomic E-state index is -3.11. The van der Waals surface area contributed by atoms with E-state index < -0.39 is 24.1 Å². The second-order valence-corrected chi connectivity index (χ2v) is 5.80. The number of hydrogen-bond donors (Lipinski definition) is 2. The zero-order valence-electron chi connectivity index (χ0n) is 12.2. The minimum absolute atomic E-state index is 0. The Balaban J connectivity index is 0.00000192. The van der Waals surface area contributed by atoms with Crippen LogP contribution in [0.3, 0.4) is 0 Å². The maximum Gasteiger partial charge on any atom is 0.387 e. The van der Waals surface area contributed by atoms with Gasteiger partial charge in [-0.05, 0) is 37.8 Å². The summed E-state index contributed by atoms with van der Waals surface area (Å²) in [6.07, 6.45) is 3.81. The second-order valence-electron chi connectivity index (χ2n) is 5.80. The quantitative estimate of drug-likeness (QED) is 0.878. The van der Waals surface area contributed by atoms with Crippen LogP contribution in [-0.4, -0.2) is 30.6 Å². The fourth-order valence-corrected chi connectivity index (χ4v) is 3.32. The molecular weight excluding hydrogens is 333 g/mol. The average molecular weight is 351 g/mol. The molecule has 1 aromatic carbocycles. The lowest BCUT2D eigenvalue weighted by atomic mass is 9.99. The Morgan fingerprint density at radius 2 is 1.91 bits per heavy atom. The molecule has 2 aliphatic heterocycles. The maximum absolute atomic E-state index is 13.2. The Bertz CT molecular complexity index is 562. The molecule has 0 aliphatic carbocycles. The van der Waals surface area contributed by atoms with Crippen molar-refractivity contribution in [1.29, 1.82) is 0 Å². The van der Waals surface area contributed by atoms with Crippen LogP contribution in [0.15, 0.2) is 18.2 Å². The number of ether oxygens (including phenoxy) is 1. The smallest absolute Gasteiger partial charge is 0.387 e. The molecule has 1 amide bonds. The van der Waals surface area contributed by atoms with Gasteiger partial charge in [0.1, 0.15) is 11.6 Å². The normalized spacial score (nSPS) is 25.8. The topological polar surface area (TPSA) is 50.4 Å². The molecule has 3 rings (SSSR count). The van der Waals surface area contributed by atoms with Gasteiger partial charge in [-0.1, -0.05) is 0 Å². The molecule has 2 bridgehead atoms. The number of amides is 1. The highest BCUT2D eigenvalue weighted by atomic mass is 35.5. The largest absolute Gasteiger partial charge is 0.434 e. The average Bonchev–Trinajstić information content (AvgIpc) is 2.77. The second kappa shape index (κ2) is 7.40. The third-order valence-corrected chi connectivity index (χ3v) is 4.21. The summed E-state index contributed by atoms with van der Waals surface area (Å²) in [7, 11) is 0. The van der Waals surface area contributed by atoms with Gasteiger partial charge in [-0.2, -0.15) is 8.78 Å². The summed E-state index contributed by atoms with van der Waals surface area (Å²) in [6.45, 7) is -3.11. The van der Waals surface area contributed by atoms with Crippen molar-refractivity contribution in [2.75, 3.05) is 0 Å². The van der Waals surface area contributed by atoms with Gasteiger partial charge in [0.25, 0.3) is 5.91 Å². The van der Waals surface area contributed by atoms with Crippen LogP contribution in [0.1, 0.15) is 36.0 Å². The van der Waals surface area contributed by atoms with Gasteiger partial charge in [0.2, 0.25) is 0 Å². The lowest BCUT2D eigenvalue weighted by Crippen LogP contribution is -2.48. The maximum atomic E-state index is 13.2. The van der Waals surface area contributed by atoms with E-state index in [1.54, 1.807) is 0 Å². The van der Waals surface area contributed by atoms with Crippen LogP contribution in [0.2, 0.25) is 0 Å². The summed E-state index contributed by atoms with van der Waals surface area (Å²) in [5.74, 6) is -1.68. The third kappa shape index (κ3) is 4.29. The molecule has 0 spiro atoms. The lowest BCUT2D eigenvalue weighted by Gasteiger charge is -2.29. The van der Waals surface area contributed by atoms with Crippen molar-refractivity contribution in [2.45, 2.75) is 50.4 Å². The van der Waals surface area contributed by atoms with Crippen LogP contribution in [0.4, 0.5) is 13.2 Å². The molecule has 1 aromatic rings. The molecule has 2 unspecified atom stereocenters. The van der Waals surface area contributed by atoms with Crippen molar-refractivity contribution < 1.29 is 22.7 Å². The summed E-state index contributed by atoms with van der Waals surface area (Å²) in [5, 5.41) is 6.30. The predicted octanol–water partition coefficient (Wildman–Crippen LogP) is 2.86. The SMILES string of the molecule is Cl.O=C(NC1CC2CCC(C1)N2)c1ccc(F)cc1OC(F)F. The highest BCUT2D eigenvalue weighted by Crippen LogP contribution is 2.28. The Morgan fingerprint density at radius 3 is 2.52 bits per heavy atom. The van der Waals surface area contributed by atoms with Gasteiger partial charge in [-0.3, -0.25) is 4.79 Å². The number of halogens is 4. The lowest BCUT2D eigenvalue weighted by molar-refractivity contribution is -0.0503. The van der Waals surface area contributed by atoms with E-state index >= 15 is 0 Å². The molecular formula is C15H18ClF3N2O2. The molecule has 2 N–H and O–H groups in total. The summed E-state index contributed by atoms with van der Waals surface area (Å²) >= 11 is 0. The first-order valence-electron chi connectivity index (χ1n) is 7.32. The number of carbonyl (C=O) groups excluding carboxylic acids is 1. The van der Waals surface area contributed by atoms with Crippen LogP contribution in [0.5, 0.6) is 5.75 Å². The number of carbonyl (C=O) groups is 1. The van der Waals surface area contributed by atoms with Gasteiger partial charge in [0, 0.05) is 24.2 Å². The van der Waals surface area contributed by atoms with Crippen molar-refractivity contribution in [3.63, 3.8) is 0 Å². The first-order chi connectivity index (χ1) is 10.5. The number of fused-ring (bicyclic) bond motifs is 2. The van der Waals surface area contributed by atoms with Crippen LogP contribution in [-0.2, 0) is 0 Å². The molecule has 2 aliphatic rings. The zero-order valence-corrected chi connectivity index (χ0v) is 13.0. The summed E-state index contributed by atoms with van der Waals surface area (Å²) in [5.41, 5.74) is -0.0763. The third-order valence-electron chi connectivity index (χ3n) is 4.21. The monoisotopic (exact) mass is 350 g/mol. The van der Waals surface area contributed by atoms with Crippen molar-refractivity contribution in [1.82, 2.24) is 10.6 Å². The molecule has 0 aromatic heterocycles. The minimum Gasteiger partial charge on any atom is -0.434 e. The van der Waals surface area contributed by atoms with E-state index in [1.165, 1.54) is 0 Å². The van der Waals surface area contributed by atoms with Gasteiger partial charge < -0.3 is 15.4 Å². The zero-order chi connectivity index (χ0) is 15.7. The molecule has 2 fully saturated rings. The predicted molar refractivity (Wildman–Crippen MR) is 80.7 cm³/mol. The van der Waals surface area contributed by atoms with Gasteiger partial charge in [0.15, 0.2) is 0 Å². The highest BCUT2D eigenvalue weighted by molar-refractivity contribution is 5.97. The number of piperidine rings is 1.